The summed E-state index contributed by atoms with van der Waals surface area (Å²) in [6.45, 7) is 3.23. The summed E-state index contributed by atoms with van der Waals surface area (Å²) < 4.78 is 0. The molecule has 5 heteroatoms. The van der Waals surface area contributed by atoms with Crippen molar-refractivity contribution in [3.8, 4) is 0 Å². The van der Waals surface area contributed by atoms with E-state index in [4.69, 9.17) is 0 Å². The third-order valence-corrected chi connectivity index (χ3v) is 3.99. The zero-order valence-electron chi connectivity index (χ0n) is 11.6. The Morgan fingerprint density at radius 2 is 2.05 bits per heavy atom. The van der Waals surface area contributed by atoms with Crippen LogP contribution in [0.15, 0.2) is 30.3 Å². The zero-order chi connectivity index (χ0) is 14.6. The topological polar surface area (TPSA) is 69.6 Å². The number of carbonyl (C=O) groups excluding carboxylic acids is 1. The molecule has 0 spiro atoms. The second kappa shape index (κ2) is 6.05. The van der Waals surface area contributed by atoms with Gasteiger partial charge in [-0.15, -0.1) is 0 Å². The highest BCUT2D eigenvalue weighted by atomic mass is 16.4. The van der Waals surface area contributed by atoms with Crippen LogP contribution in [0.5, 0.6) is 0 Å². The number of carbonyl (C=O) groups is 2. The molecule has 0 aliphatic carbocycles. The van der Waals surface area contributed by atoms with Crippen LogP contribution >= 0.6 is 0 Å². The molecule has 0 aromatic heterocycles. The average Bonchev–Trinajstić information content (AvgIpc) is 2.84. The molecule has 1 saturated heterocycles. The summed E-state index contributed by atoms with van der Waals surface area (Å²) in [4.78, 5) is 25.2. The van der Waals surface area contributed by atoms with Gasteiger partial charge in [0.05, 0.1) is 12.0 Å². The van der Waals surface area contributed by atoms with Gasteiger partial charge in [-0.2, -0.15) is 0 Å². The van der Waals surface area contributed by atoms with Gasteiger partial charge in [0.2, 0.25) is 5.91 Å². The molecule has 0 saturated carbocycles. The van der Waals surface area contributed by atoms with E-state index in [1.54, 1.807) is 0 Å². The van der Waals surface area contributed by atoms with Gasteiger partial charge in [0.15, 0.2) is 0 Å². The van der Waals surface area contributed by atoms with Gasteiger partial charge in [-0.05, 0) is 31.5 Å². The van der Waals surface area contributed by atoms with Gasteiger partial charge in [0, 0.05) is 12.2 Å². The second-order valence-corrected chi connectivity index (χ2v) is 5.31. The molecule has 0 radical (unpaired) electrons. The third kappa shape index (κ3) is 3.17. The van der Waals surface area contributed by atoms with Crippen molar-refractivity contribution in [3.05, 3.63) is 30.3 Å². The fourth-order valence-electron chi connectivity index (χ4n) is 2.63. The molecule has 1 unspecified atom stereocenters. The first-order valence-electron chi connectivity index (χ1n) is 6.86. The van der Waals surface area contributed by atoms with E-state index in [-0.39, 0.29) is 12.5 Å². The van der Waals surface area contributed by atoms with Gasteiger partial charge in [-0.1, -0.05) is 25.1 Å². The number of likely N-dealkylation sites (tertiary alicyclic amines) is 1. The Morgan fingerprint density at radius 1 is 1.35 bits per heavy atom. The van der Waals surface area contributed by atoms with E-state index in [0.717, 1.165) is 5.69 Å². The van der Waals surface area contributed by atoms with Gasteiger partial charge < -0.3 is 10.4 Å². The molecule has 0 bridgehead atoms. The smallest absolute Gasteiger partial charge is 0.310 e. The number of carboxylic acid groups (broad SMARTS) is 1. The van der Waals surface area contributed by atoms with E-state index in [0.29, 0.717) is 25.9 Å². The monoisotopic (exact) mass is 276 g/mol. The molecule has 1 aromatic carbocycles. The normalized spacial score (nSPS) is 22.6. The van der Waals surface area contributed by atoms with Gasteiger partial charge in [-0.3, -0.25) is 14.5 Å². The number of para-hydroxylation sites is 1. The molecule has 20 heavy (non-hydrogen) atoms. The number of hydrogen-bond donors (Lipinski definition) is 2. The number of rotatable bonds is 5. The molecular weight excluding hydrogens is 256 g/mol. The maximum absolute atomic E-state index is 11.9. The number of carboxylic acids is 1. The molecule has 1 fully saturated rings. The summed E-state index contributed by atoms with van der Waals surface area (Å²) in [5.74, 6) is -0.862. The third-order valence-electron chi connectivity index (χ3n) is 3.99. The Morgan fingerprint density at radius 3 is 2.60 bits per heavy atom. The summed E-state index contributed by atoms with van der Waals surface area (Å²) in [7, 11) is 0. The Labute approximate surface area is 118 Å². The van der Waals surface area contributed by atoms with Crippen molar-refractivity contribution in [2.24, 2.45) is 5.41 Å². The van der Waals surface area contributed by atoms with Crippen molar-refractivity contribution in [3.63, 3.8) is 0 Å². The summed E-state index contributed by atoms with van der Waals surface area (Å²) in [5, 5.41) is 12.1. The fourth-order valence-corrected chi connectivity index (χ4v) is 2.63. The van der Waals surface area contributed by atoms with E-state index < -0.39 is 11.4 Å². The molecule has 1 atom stereocenters. The summed E-state index contributed by atoms with van der Waals surface area (Å²) in [6, 6.07) is 9.26. The molecule has 1 amide bonds. The summed E-state index contributed by atoms with van der Waals surface area (Å²) >= 11 is 0. The summed E-state index contributed by atoms with van der Waals surface area (Å²) in [5.41, 5.74) is 0.0733. The molecule has 1 aliphatic rings. The largest absolute Gasteiger partial charge is 0.481 e. The molecule has 1 heterocycles. The number of hydrogen-bond acceptors (Lipinski definition) is 3. The molecule has 1 aliphatic heterocycles. The molecule has 2 rings (SSSR count). The Kier molecular flexibility index (Phi) is 4.39. The minimum Gasteiger partial charge on any atom is -0.481 e. The van der Waals surface area contributed by atoms with Crippen LogP contribution in [0.25, 0.3) is 0 Å². The average molecular weight is 276 g/mol. The number of amides is 1. The Balaban J connectivity index is 1.89. The van der Waals surface area contributed by atoms with Crippen molar-refractivity contribution in [2.45, 2.75) is 19.8 Å². The first-order chi connectivity index (χ1) is 9.55. The standard InChI is InChI=1S/C15H20N2O3/c1-2-15(14(19)20)8-9-17(11-15)10-13(18)16-12-6-4-3-5-7-12/h3-7H,2,8-11H2,1H3,(H,16,18)(H,19,20). The number of nitrogens with one attached hydrogen (secondary N) is 1. The minimum atomic E-state index is -0.758. The van der Waals surface area contributed by atoms with Gasteiger partial charge in [-0.25, -0.2) is 0 Å². The van der Waals surface area contributed by atoms with E-state index >= 15 is 0 Å². The van der Waals surface area contributed by atoms with E-state index in [1.165, 1.54) is 0 Å². The number of benzene rings is 1. The predicted octanol–water partition coefficient (Wildman–Crippen LogP) is 1.81. The van der Waals surface area contributed by atoms with Crippen LogP contribution in [0.3, 0.4) is 0 Å². The van der Waals surface area contributed by atoms with Gasteiger partial charge in [0.1, 0.15) is 0 Å². The summed E-state index contributed by atoms with van der Waals surface area (Å²) in [6.07, 6.45) is 1.20. The van der Waals surface area contributed by atoms with Gasteiger partial charge >= 0.3 is 5.97 Å². The van der Waals surface area contributed by atoms with Crippen molar-refractivity contribution >= 4 is 17.6 Å². The lowest BCUT2D eigenvalue weighted by molar-refractivity contribution is -0.148. The fraction of sp³-hybridized carbons (Fsp3) is 0.467. The first-order valence-corrected chi connectivity index (χ1v) is 6.86. The number of aliphatic carboxylic acids is 1. The molecule has 5 nitrogen and oxygen atoms in total. The van der Waals surface area contributed by atoms with Crippen molar-refractivity contribution in [2.75, 3.05) is 25.0 Å². The van der Waals surface area contributed by atoms with Crippen LogP contribution in [-0.4, -0.2) is 41.5 Å². The quantitative estimate of drug-likeness (QED) is 0.860. The minimum absolute atomic E-state index is 0.103. The number of anilines is 1. The maximum Gasteiger partial charge on any atom is 0.310 e. The van der Waals surface area contributed by atoms with E-state index in [2.05, 4.69) is 5.32 Å². The Bertz CT molecular complexity index is 489. The first kappa shape index (κ1) is 14.5. The molecule has 2 N–H and O–H groups in total. The van der Waals surface area contributed by atoms with Crippen molar-refractivity contribution < 1.29 is 14.7 Å². The SMILES string of the molecule is CCC1(C(=O)O)CCN(CC(=O)Nc2ccccc2)C1. The van der Waals surface area contributed by atoms with Crippen LogP contribution < -0.4 is 5.32 Å². The molecule has 108 valence electrons. The lowest BCUT2D eigenvalue weighted by atomic mass is 9.84. The van der Waals surface area contributed by atoms with Crippen LogP contribution in [0.1, 0.15) is 19.8 Å². The lowest BCUT2D eigenvalue weighted by Crippen LogP contribution is -2.37. The highest BCUT2D eigenvalue weighted by Gasteiger charge is 2.43. The highest BCUT2D eigenvalue weighted by Crippen LogP contribution is 2.33. The van der Waals surface area contributed by atoms with Crippen molar-refractivity contribution in [1.29, 1.82) is 0 Å². The highest BCUT2D eigenvalue weighted by molar-refractivity contribution is 5.92. The lowest BCUT2D eigenvalue weighted by Gasteiger charge is -2.22. The van der Waals surface area contributed by atoms with Crippen molar-refractivity contribution in [1.82, 2.24) is 4.90 Å². The van der Waals surface area contributed by atoms with E-state index in [9.17, 15) is 14.7 Å². The maximum atomic E-state index is 11.9. The van der Waals surface area contributed by atoms with Crippen LogP contribution in [0.4, 0.5) is 5.69 Å². The zero-order valence-corrected chi connectivity index (χ0v) is 11.6. The van der Waals surface area contributed by atoms with Crippen LogP contribution in [0, 0.1) is 5.41 Å². The van der Waals surface area contributed by atoms with E-state index in [1.807, 2.05) is 42.2 Å². The van der Waals surface area contributed by atoms with Crippen LogP contribution in [-0.2, 0) is 9.59 Å². The molecular formula is C15H20N2O3. The molecule has 1 aromatic rings. The second-order valence-electron chi connectivity index (χ2n) is 5.31. The Hall–Kier alpha value is -1.88. The predicted molar refractivity (Wildman–Crippen MR) is 76.5 cm³/mol. The number of nitrogens with zero attached hydrogens (tertiary/aromatic N) is 1. The van der Waals surface area contributed by atoms with Gasteiger partial charge in [0.25, 0.3) is 0 Å². The van der Waals surface area contributed by atoms with Crippen LogP contribution in [0.2, 0.25) is 0 Å².